The van der Waals surface area contributed by atoms with Crippen LogP contribution in [0.2, 0.25) is 0 Å². The molecular formula is C14H19N5O2. The average molecular weight is 289 g/mol. The summed E-state index contributed by atoms with van der Waals surface area (Å²) in [6.07, 6.45) is 0. The Labute approximate surface area is 122 Å². The van der Waals surface area contributed by atoms with Gasteiger partial charge in [0.2, 0.25) is 5.91 Å². The molecule has 1 aromatic carbocycles. The molecule has 112 valence electrons. The van der Waals surface area contributed by atoms with E-state index in [0.29, 0.717) is 24.7 Å². The second-order valence-electron chi connectivity index (χ2n) is 4.69. The van der Waals surface area contributed by atoms with Crippen LogP contribution in [0.3, 0.4) is 0 Å². The van der Waals surface area contributed by atoms with E-state index in [0.717, 1.165) is 11.3 Å². The second kappa shape index (κ2) is 6.85. The van der Waals surface area contributed by atoms with E-state index in [2.05, 4.69) is 20.5 Å². The number of nitrogens with one attached hydrogen (secondary N) is 2. The van der Waals surface area contributed by atoms with Crippen molar-refractivity contribution in [2.24, 2.45) is 11.7 Å². The maximum atomic E-state index is 11.6. The van der Waals surface area contributed by atoms with Gasteiger partial charge in [0.25, 0.3) is 0 Å². The first-order valence-electron chi connectivity index (χ1n) is 6.67. The molecule has 1 aromatic heterocycles. The number of ether oxygens (including phenoxy) is 1. The summed E-state index contributed by atoms with van der Waals surface area (Å²) in [5.41, 5.74) is 6.31. The SMILES string of the molecule is COc1ccc(-c2n[nH]c(CNC(=O)C(C)CN)n2)cc1. The molecule has 2 aromatic rings. The number of nitrogens with zero attached hydrogens (tertiary/aromatic N) is 2. The first-order chi connectivity index (χ1) is 10.1. The number of nitrogens with two attached hydrogens (primary N) is 1. The minimum atomic E-state index is -0.214. The molecule has 1 unspecified atom stereocenters. The van der Waals surface area contributed by atoms with Gasteiger partial charge < -0.3 is 15.8 Å². The van der Waals surface area contributed by atoms with Gasteiger partial charge >= 0.3 is 0 Å². The molecule has 0 fully saturated rings. The average Bonchev–Trinajstić information content (AvgIpc) is 3.00. The Morgan fingerprint density at radius 3 is 2.76 bits per heavy atom. The standard InChI is InChI=1S/C14H19N5O2/c1-9(7-15)14(20)16-8-12-17-13(19-18-12)10-3-5-11(21-2)6-4-10/h3-6,9H,7-8,15H2,1-2H3,(H,16,20)(H,17,18,19). The fourth-order valence-electron chi connectivity index (χ4n) is 1.70. The number of rotatable bonds is 6. The molecule has 0 bridgehead atoms. The zero-order chi connectivity index (χ0) is 15.2. The first-order valence-corrected chi connectivity index (χ1v) is 6.67. The Balaban J connectivity index is 1.99. The summed E-state index contributed by atoms with van der Waals surface area (Å²) in [5, 5.41) is 9.70. The van der Waals surface area contributed by atoms with E-state index in [9.17, 15) is 4.79 Å². The number of carbonyl (C=O) groups excluding carboxylic acids is 1. The topological polar surface area (TPSA) is 106 Å². The number of hydrogen-bond acceptors (Lipinski definition) is 5. The van der Waals surface area contributed by atoms with Gasteiger partial charge in [-0.05, 0) is 24.3 Å². The van der Waals surface area contributed by atoms with E-state index in [-0.39, 0.29) is 11.8 Å². The van der Waals surface area contributed by atoms with Crippen molar-refractivity contribution in [3.63, 3.8) is 0 Å². The Bertz CT molecular complexity index is 594. The molecular weight excluding hydrogens is 270 g/mol. The minimum absolute atomic E-state index is 0.0973. The summed E-state index contributed by atoms with van der Waals surface area (Å²) in [6, 6.07) is 7.44. The molecule has 0 spiro atoms. The van der Waals surface area contributed by atoms with Crippen LogP contribution in [0.15, 0.2) is 24.3 Å². The highest BCUT2D eigenvalue weighted by molar-refractivity contribution is 5.78. The monoisotopic (exact) mass is 289 g/mol. The molecule has 1 amide bonds. The molecule has 4 N–H and O–H groups in total. The van der Waals surface area contributed by atoms with Gasteiger partial charge in [0.1, 0.15) is 11.6 Å². The molecule has 7 heteroatoms. The lowest BCUT2D eigenvalue weighted by Crippen LogP contribution is -2.33. The van der Waals surface area contributed by atoms with Crippen molar-refractivity contribution in [1.82, 2.24) is 20.5 Å². The van der Waals surface area contributed by atoms with Gasteiger partial charge in [-0.15, -0.1) is 0 Å². The van der Waals surface area contributed by atoms with Crippen molar-refractivity contribution in [2.45, 2.75) is 13.5 Å². The quantitative estimate of drug-likeness (QED) is 0.725. The van der Waals surface area contributed by atoms with Crippen LogP contribution in [0, 0.1) is 5.92 Å². The van der Waals surface area contributed by atoms with Gasteiger partial charge in [0, 0.05) is 18.0 Å². The van der Waals surface area contributed by atoms with E-state index in [1.807, 2.05) is 24.3 Å². The van der Waals surface area contributed by atoms with Crippen molar-refractivity contribution >= 4 is 5.91 Å². The Hall–Kier alpha value is -2.41. The summed E-state index contributed by atoms with van der Waals surface area (Å²) in [4.78, 5) is 16.0. The Morgan fingerprint density at radius 2 is 2.14 bits per heavy atom. The lowest BCUT2D eigenvalue weighted by Gasteiger charge is -2.07. The third-order valence-corrected chi connectivity index (χ3v) is 3.11. The van der Waals surface area contributed by atoms with Crippen LogP contribution >= 0.6 is 0 Å². The van der Waals surface area contributed by atoms with Crippen LogP contribution in [0.4, 0.5) is 0 Å². The van der Waals surface area contributed by atoms with Crippen molar-refractivity contribution < 1.29 is 9.53 Å². The first kappa shape index (κ1) is 15.0. The highest BCUT2D eigenvalue weighted by atomic mass is 16.5. The highest BCUT2D eigenvalue weighted by Crippen LogP contribution is 2.18. The van der Waals surface area contributed by atoms with Crippen molar-refractivity contribution in [3.8, 4) is 17.1 Å². The van der Waals surface area contributed by atoms with Crippen LogP contribution < -0.4 is 15.8 Å². The van der Waals surface area contributed by atoms with Crippen LogP contribution in [-0.4, -0.2) is 34.7 Å². The molecule has 21 heavy (non-hydrogen) atoms. The fraction of sp³-hybridized carbons (Fsp3) is 0.357. The predicted octanol–water partition coefficient (Wildman–Crippen LogP) is 0.691. The van der Waals surface area contributed by atoms with E-state index in [4.69, 9.17) is 10.5 Å². The van der Waals surface area contributed by atoms with Gasteiger partial charge in [-0.1, -0.05) is 6.92 Å². The van der Waals surface area contributed by atoms with Crippen LogP contribution in [0.1, 0.15) is 12.7 Å². The maximum Gasteiger partial charge on any atom is 0.224 e. The van der Waals surface area contributed by atoms with E-state index >= 15 is 0 Å². The lowest BCUT2D eigenvalue weighted by molar-refractivity contribution is -0.124. The Morgan fingerprint density at radius 1 is 1.43 bits per heavy atom. The molecule has 0 saturated heterocycles. The molecule has 1 atom stereocenters. The van der Waals surface area contributed by atoms with Crippen LogP contribution in [0.25, 0.3) is 11.4 Å². The van der Waals surface area contributed by atoms with Crippen LogP contribution in [-0.2, 0) is 11.3 Å². The minimum Gasteiger partial charge on any atom is -0.497 e. The number of benzene rings is 1. The number of methoxy groups -OCH3 is 1. The number of H-pyrrole nitrogens is 1. The second-order valence-corrected chi connectivity index (χ2v) is 4.69. The number of aromatic amines is 1. The van der Waals surface area contributed by atoms with Gasteiger partial charge in [-0.3, -0.25) is 9.89 Å². The summed E-state index contributed by atoms with van der Waals surface area (Å²) >= 11 is 0. The molecule has 7 nitrogen and oxygen atoms in total. The normalized spacial score (nSPS) is 12.0. The summed E-state index contributed by atoms with van der Waals surface area (Å²) < 4.78 is 5.10. The molecule has 0 aliphatic heterocycles. The fourth-order valence-corrected chi connectivity index (χ4v) is 1.70. The summed E-state index contributed by atoms with van der Waals surface area (Å²) in [5.74, 6) is 1.64. The number of aromatic nitrogens is 3. The van der Waals surface area contributed by atoms with Crippen molar-refractivity contribution in [3.05, 3.63) is 30.1 Å². The van der Waals surface area contributed by atoms with E-state index in [1.54, 1.807) is 14.0 Å². The third kappa shape index (κ3) is 3.79. The van der Waals surface area contributed by atoms with Gasteiger partial charge in [0.05, 0.1) is 13.7 Å². The zero-order valence-electron chi connectivity index (χ0n) is 12.1. The highest BCUT2D eigenvalue weighted by Gasteiger charge is 2.11. The van der Waals surface area contributed by atoms with E-state index < -0.39 is 0 Å². The smallest absolute Gasteiger partial charge is 0.224 e. The molecule has 0 aliphatic rings. The summed E-state index contributed by atoms with van der Waals surface area (Å²) in [7, 11) is 1.62. The number of carbonyl (C=O) groups is 1. The molecule has 0 radical (unpaired) electrons. The van der Waals surface area contributed by atoms with Crippen LogP contribution in [0.5, 0.6) is 5.75 Å². The summed E-state index contributed by atoms with van der Waals surface area (Å²) in [6.45, 7) is 2.39. The van der Waals surface area contributed by atoms with Gasteiger partial charge in [-0.2, -0.15) is 5.10 Å². The van der Waals surface area contributed by atoms with E-state index in [1.165, 1.54) is 0 Å². The van der Waals surface area contributed by atoms with Crippen molar-refractivity contribution in [2.75, 3.05) is 13.7 Å². The van der Waals surface area contributed by atoms with Gasteiger partial charge in [0.15, 0.2) is 5.82 Å². The number of amides is 1. The van der Waals surface area contributed by atoms with Gasteiger partial charge in [-0.25, -0.2) is 4.98 Å². The molecule has 0 aliphatic carbocycles. The predicted molar refractivity (Wildman–Crippen MR) is 78.4 cm³/mol. The molecule has 0 saturated carbocycles. The third-order valence-electron chi connectivity index (χ3n) is 3.11. The largest absolute Gasteiger partial charge is 0.497 e. The zero-order valence-corrected chi connectivity index (χ0v) is 12.1. The number of hydrogen-bond donors (Lipinski definition) is 3. The Kier molecular flexibility index (Phi) is 4.89. The molecule has 1 heterocycles. The lowest BCUT2D eigenvalue weighted by atomic mass is 10.2. The maximum absolute atomic E-state index is 11.6. The van der Waals surface area contributed by atoms with Crippen molar-refractivity contribution in [1.29, 1.82) is 0 Å². The molecule has 2 rings (SSSR count).